The van der Waals surface area contributed by atoms with Crippen molar-refractivity contribution in [2.75, 3.05) is 50.1 Å². The Morgan fingerprint density at radius 1 is 1.11 bits per heavy atom. The van der Waals surface area contributed by atoms with E-state index in [2.05, 4.69) is 32.3 Å². The molecular weight excluding hydrogens is 456 g/mol. The quantitative estimate of drug-likeness (QED) is 0.665. The van der Waals surface area contributed by atoms with Crippen molar-refractivity contribution in [1.82, 2.24) is 19.8 Å². The van der Waals surface area contributed by atoms with Crippen LogP contribution in [0, 0.1) is 11.8 Å². The van der Waals surface area contributed by atoms with Crippen molar-refractivity contribution in [2.24, 2.45) is 11.8 Å². The molecule has 4 heterocycles. The van der Waals surface area contributed by atoms with Crippen molar-refractivity contribution < 1.29 is 14.3 Å². The van der Waals surface area contributed by atoms with Crippen molar-refractivity contribution in [2.45, 2.75) is 31.7 Å². The van der Waals surface area contributed by atoms with Crippen molar-refractivity contribution in [3.8, 4) is 5.75 Å². The molecule has 2 fully saturated rings. The third kappa shape index (κ3) is 4.27. The molecule has 3 amide bonds. The maximum absolute atomic E-state index is 13.1. The number of benzene rings is 1. The summed E-state index contributed by atoms with van der Waals surface area (Å²) in [6.07, 6.45) is 9.52. The number of piperidine rings is 1. The van der Waals surface area contributed by atoms with Gasteiger partial charge in [0.15, 0.2) is 0 Å². The molecule has 1 aromatic heterocycles. The van der Waals surface area contributed by atoms with Gasteiger partial charge >= 0.3 is 6.03 Å². The predicted molar refractivity (Wildman–Crippen MR) is 136 cm³/mol. The van der Waals surface area contributed by atoms with Gasteiger partial charge in [-0.05, 0) is 61.3 Å². The van der Waals surface area contributed by atoms with Gasteiger partial charge in [-0.1, -0.05) is 12.2 Å². The highest BCUT2D eigenvalue weighted by molar-refractivity contribution is 5.93. The van der Waals surface area contributed by atoms with E-state index >= 15 is 0 Å². The fourth-order valence-electron chi connectivity index (χ4n) is 6.07. The maximum atomic E-state index is 13.1. The van der Waals surface area contributed by atoms with Gasteiger partial charge in [-0.3, -0.25) is 4.79 Å². The van der Waals surface area contributed by atoms with Gasteiger partial charge in [0.1, 0.15) is 23.6 Å². The lowest BCUT2D eigenvalue weighted by Gasteiger charge is -2.38. The topological polar surface area (TPSA) is 90.9 Å². The number of anilines is 2. The molecule has 0 saturated carbocycles. The van der Waals surface area contributed by atoms with Crippen LogP contribution in [0.4, 0.5) is 16.3 Å². The molecule has 6 rings (SSSR count). The minimum Gasteiger partial charge on any atom is -0.497 e. The van der Waals surface area contributed by atoms with Crippen LogP contribution >= 0.6 is 0 Å². The molecule has 188 valence electrons. The van der Waals surface area contributed by atoms with Gasteiger partial charge in [0, 0.05) is 50.5 Å². The van der Waals surface area contributed by atoms with Crippen LogP contribution in [0.15, 0.2) is 42.7 Å². The summed E-state index contributed by atoms with van der Waals surface area (Å²) in [5.74, 6) is 2.62. The van der Waals surface area contributed by atoms with Gasteiger partial charge < -0.3 is 24.8 Å². The van der Waals surface area contributed by atoms with Crippen LogP contribution in [0.1, 0.15) is 35.3 Å². The second kappa shape index (κ2) is 9.44. The van der Waals surface area contributed by atoms with Crippen LogP contribution in [-0.4, -0.2) is 77.6 Å². The SMILES string of the molecule is COc1ccc2c(c1)CCN(C1CCN(c3cc(C(=O)N4CC5C=CCC5C4)ncn3)CC1)C(=O)N2. The number of hydrogen-bond acceptors (Lipinski definition) is 6. The van der Waals surface area contributed by atoms with Crippen LogP contribution in [-0.2, 0) is 6.42 Å². The van der Waals surface area contributed by atoms with Crippen LogP contribution < -0.4 is 15.0 Å². The lowest BCUT2D eigenvalue weighted by atomic mass is 10.0. The molecule has 0 radical (unpaired) electrons. The number of allylic oxidation sites excluding steroid dienone is 1. The average molecular weight is 489 g/mol. The molecule has 0 bridgehead atoms. The molecule has 1 N–H and O–H groups in total. The van der Waals surface area contributed by atoms with E-state index in [0.29, 0.717) is 24.1 Å². The number of hydrogen-bond donors (Lipinski definition) is 1. The summed E-state index contributed by atoms with van der Waals surface area (Å²) >= 11 is 0. The Kier molecular flexibility index (Phi) is 5.99. The zero-order valence-electron chi connectivity index (χ0n) is 20.6. The van der Waals surface area contributed by atoms with Crippen LogP contribution in [0.25, 0.3) is 0 Å². The Morgan fingerprint density at radius 3 is 2.78 bits per heavy atom. The van der Waals surface area contributed by atoms with E-state index in [1.54, 1.807) is 7.11 Å². The molecule has 1 aromatic carbocycles. The van der Waals surface area contributed by atoms with Crippen molar-refractivity contribution in [1.29, 1.82) is 0 Å². The first-order valence-corrected chi connectivity index (χ1v) is 12.9. The van der Waals surface area contributed by atoms with Gasteiger partial charge in [0.2, 0.25) is 0 Å². The van der Waals surface area contributed by atoms with Gasteiger partial charge in [-0.15, -0.1) is 0 Å². The number of carbonyl (C=O) groups excluding carboxylic acids is 2. The number of nitrogens with zero attached hydrogens (tertiary/aromatic N) is 5. The average Bonchev–Trinajstić information content (AvgIpc) is 3.48. The van der Waals surface area contributed by atoms with E-state index in [1.165, 1.54) is 6.33 Å². The number of likely N-dealkylation sites (tertiary alicyclic amines) is 1. The molecule has 2 unspecified atom stereocenters. The number of urea groups is 1. The van der Waals surface area contributed by atoms with E-state index < -0.39 is 0 Å². The fourth-order valence-corrected chi connectivity index (χ4v) is 6.07. The zero-order chi connectivity index (χ0) is 24.6. The number of rotatable bonds is 4. The summed E-state index contributed by atoms with van der Waals surface area (Å²) in [5, 5.41) is 3.08. The number of ether oxygens (including phenoxy) is 1. The second-order valence-electron chi connectivity index (χ2n) is 10.2. The molecule has 2 aromatic rings. The Bertz CT molecular complexity index is 1190. The summed E-state index contributed by atoms with van der Waals surface area (Å²) in [6.45, 7) is 3.81. The second-order valence-corrected chi connectivity index (χ2v) is 10.2. The Labute approximate surface area is 211 Å². The molecule has 36 heavy (non-hydrogen) atoms. The van der Waals surface area contributed by atoms with Gasteiger partial charge in [0.05, 0.1) is 7.11 Å². The van der Waals surface area contributed by atoms with Gasteiger partial charge in [-0.2, -0.15) is 0 Å². The van der Waals surface area contributed by atoms with Gasteiger partial charge in [0.25, 0.3) is 5.91 Å². The lowest BCUT2D eigenvalue weighted by molar-refractivity contribution is 0.0778. The molecule has 1 aliphatic carbocycles. The van der Waals surface area contributed by atoms with Crippen molar-refractivity contribution in [3.63, 3.8) is 0 Å². The van der Waals surface area contributed by atoms with Crippen molar-refractivity contribution >= 4 is 23.4 Å². The summed E-state index contributed by atoms with van der Waals surface area (Å²) in [7, 11) is 1.65. The number of amides is 3. The number of carbonyl (C=O) groups is 2. The number of nitrogens with one attached hydrogen (secondary N) is 1. The molecule has 3 aliphatic heterocycles. The Balaban J connectivity index is 1.08. The Morgan fingerprint density at radius 2 is 1.97 bits per heavy atom. The molecule has 4 aliphatic rings. The van der Waals surface area contributed by atoms with E-state index in [1.807, 2.05) is 34.1 Å². The molecule has 0 spiro atoms. The number of methoxy groups -OCH3 is 1. The first kappa shape index (κ1) is 22.8. The Hall–Kier alpha value is -3.62. The molecule has 9 nitrogen and oxygen atoms in total. The van der Waals surface area contributed by atoms with E-state index in [4.69, 9.17) is 4.74 Å². The van der Waals surface area contributed by atoms with Crippen LogP contribution in [0.2, 0.25) is 0 Å². The molecular formula is C27H32N6O3. The first-order valence-electron chi connectivity index (χ1n) is 12.9. The third-order valence-corrected chi connectivity index (χ3v) is 8.14. The van der Waals surface area contributed by atoms with E-state index in [-0.39, 0.29) is 18.0 Å². The highest BCUT2D eigenvalue weighted by Gasteiger charge is 2.36. The smallest absolute Gasteiger partial charge is 0.322 e. The largest absolute Gasteiger partial charge is 0.497 e. The van der Waals surface area contributed by atoms with Crippen molar-refractivity contribution in [3.05, 3.63) is 54.0 Å². The maximum Gasteiger partial charge on any atom is 0.322 e. The zero-order valence-corrected chi connectivity index (χ0v) is 20.6. The molecule has 2 atom stereocenters. The monoisotopic (exact) mass is 488 g/mol. The summed E-state index contributed by atoms with van der Waals surface area (Å²) < 4.78 is 5.35. The first-order chi connectivity index (χ1) is 17.6. The highest BCUT2D eigenvalue weighted by atomic mass is 16.5. The summed E-state index contributed by atoms with van der Waals surface area (Å²) in [6, 6.07) is 7.74. The lowest BCUT2D eigenvalue weighted by Crippen LogP contribution is -2.49. The van der Waals surface area contributed by atoms with Crippen LogP contribution in [0.5, 0.6) is 5.75 Å². The normalized spacial score (nSPS) is 23.8. The standard InChI is InChI=1S/C27H32N6O3/c1-36-22-5-6-23-18(13-22)7-12-33(27(35)30-23)21-8-10-31(11-9-21)25-14-24(28-17-29-25)26(34)32-15-19-3-2-4-20(19)16-32/h2-3,5-6,13-14,17,19-21H,4,7-12,15-16H2,1H3,(H,30,35). The minimum atomic E-state index is -0.0440. The highest BCUT2D eigenvalue weighted by Crippen LogP contribution is 2.33. The van der Waals surface area contributed by atoms with Gasteiger partial charge in [-0.25, -0.2) is 14.8 Å². The predicted octanol–water partition coefficient (Wildman–Crippen LogP) is 3.19. The minimum absolute atomic E-state index is 0.00577. The summed E-state index contributed by atoms with van der Waals surface area (Å²) in [5.41, 5.74) is 2.42. The van der Waals surface area contributed by atoms with Crippen LogP contribution in [0.3, 0.4) is 0 Å². The molecule has 2 saturated heterocycles. The number of aromatic nitrogens is 2. The fraction of sp³-hybridized carbons (Fsp3) is 0.481. The third-order valence-electron chi connectivity index (χ3n) is 8.14. The molecule has 9 heteroatoms. The summed E-state index contributed by atoms with van der Waals surface area (Å²) in [4.78, 5) is 41.0. The van der Waals surface area contributed by atoms with E-state index in [9.17, 15) is 9.59 Å². The number of fused-ring (bicyclic) bond motifs is 2. The van der Waals surface area contributed by atoms with E-state index in [0.717, 1.165) is 74.7 Å².